The Morgan fingerprint density at radius 2 is 1.26 bits per heavy atom. The predicted octanol–water partition coefficient (Wildman–Crippen LogP) is 4.81. The number of nitrogens with two attached hydrogens (primary N) is 1. The van der Waals surface area contributed by atoms with Crippen LogP contribution in [-0.4, -0.2) is 5.78 Å². The number of hydrogen-bond donors (Lipinski definition) is 1. The summed E-state index contributed by atoms with van der Waals surface area (Å²) in [6.07, 6.45) is 0. The van der Waals surface area contributed by atoms with Gasteiger partial charge in [-0.05, 0) is 27.6 Å². The topological polar surface area (TPSA) is 43.1 Å². The molecule has 0 saturated heterocycles. The van der Waals surface area contributed by atoms with Crippen molar-refractivity contribution < 1.29 is 4.79 Å². The van der Waals surface area contributed by atoms with E-state index >= 15 is 0 Å². The van der Waals surface area contributed by atoms with Crippen LogP contribution < -0.4 is 5.73 Å². The SMILES string of the molecule is Nc1ccc2ccccc2c1C(=O)c1cccc2ccccc12. The van der Waals surface area contributed by atoms with Gasteiger partial charge in [-0.15, -0.1) is 0 Å². The summed E-state index contributed by atoms with van der Waals surface area (Å²) < 4.78 is 0. The molecule has 4 rings (SSSR count). The zero-order chi connectivity index (χ0) is 15.8. The molecule has 0 aliphatic carbocycles. The molecule has 0 aliphatic heterocycles. The lowest BCUT2D eigenvalue weighted by molar-refractivity contribution is 0.104. The Bertz CT molecular complexity index is 1040. The summed E-state index contributed by atoms with van der Waals surface area (Å²) in [7, 11) is 0. The number of anilines is 1. The molecule has 0 unspecified atom stereocenters. The maximum absolute atomic E-state index is 13.2. The minimum Gasteiger partial charge on any atom is -0.398 e. The Hall–Kier alpha value is -3.13. The molecule has 0 aromatic heterocycles. The molecule has 0 radical (unpaired) electrons. The smallest absolute Gasteiger partial charge is 0.196 e. The molecule has 0 spiro atoms. The van der Waals surface area contributed by atoms with Gasteiger partial charge in [0.1, 0.15) is 0 Å². The van der Waals surface area contributed by atoms with Crippen molar-refractivity contribution in [1.82, 2.24) is 0 Å². The van der Waals surface area contributed by atoms with Gasteiger partial charge in [0.15, 0.2) is 5.78 Å². The van der Waals surface area contributed by atoms with E-state index in [4.69, 9.17) is 5.73 Å². The van der Waals surface area contributed by atoms with E-state index in [9.17, 15) is 4.79 Å². The highest BCUT2D eigenvalue weighted by Crippen LogP contribution is 2.29. The standard InChI is InChI=1S/C21H15NO/c22-19-13-12-15-7-2-4-10-17(15)20(19)21(23)18-11-5-8-14-6-1-3-9-16(14)18/h1-13H,22H2. The summed E-state index contributed by atoms with van der Waals surface area (Å²) >= 11 is 0. The second-order valence-corrected chi connectivity index (χ2v) is 5.61. The van der Waals surface area contributed by atoms with E-state index in [1.807, 2.05) is 72.8 Å². The molecule has 2 nitrogen and oxygen atoms in total. The third-order valence-electron chi connectivity index (χ3n) is 4.22. The molecule has 0 atom stereocenters. The van der Waals surface area contributed by atoms with Crippen LogP contribution in [0.4, 0.5) is 5.69 Å². The molecular weight excluding hydrogens is 282 g/mol. The molecule has 0 heterocycles. The van der Waals surface area contributed by atoms with Crippen LogP contribution in [0, 0.1) is 0 Å². The first-order chi connectivity index (χ1) is 11.3. The Morgan fingerprint density at radius 1 is 0.652 bits per heavy atom. The van der Waals surface area contributed by atoms with Crippen molar-refractivity contribution in [3.8, 4) is 0 Å². The Balaban J connectivity index is 2.01. The van der Waals surface area contributed by atoms with Crippen molar-refractivity contribution in [2.45, 2.75) is 0 Å². The highest BCUT2D eigenvalue weighted by atomic mass is 16.1. The number of ketones is 1. The van der Waals surface area contributed by atoms with E-state index in [0.717, 1.165) is 21.5 Å². The zero-order valence-electron chi connectivity index (χ0n) is 12.5. The van der Waals surface area contributed by atoms with Crippen LogP contribution in [0.2, 0.25) is 0 Å². The molecule has 0 aliphatic rings. The van der Waals surface area contributed by atoms with Crippen LogP contribution in [-0.2, 0) is 0 Å². The van der Waals surface area contributed by atoms with Crippen molar-refractivity contribution in [2.75, 3.05) is 5.73 Å². The Morgan fingerprint density at radius 3 is 2.04 bits per heavy atom. The van der Waals surface area contributed by atoms with E-state index in [2.05, 4.69) is 0 Å². The fourth-order valence-electron chi connectivity index (χ4n) is 3.10. The lowest BCUT2D eigenvalue weighted by Crippen LogP contribution is -2.07. The number of fused-ring (bicyclic) bond motifs is 2. The Labute approximate surface area is 134 Å². The number of benzene rings is 4. The number of rotatable bonds is 2. The van der Waals surface area contributed by atoms with Gasteiger partial charge in [0.05, 0.1) is 5.56 Å². The molecule has 2 heteroatoms. The third kappa shape index (κ3) is 2.16. The van der Waals surface area contributed by atoms with Gasteiger partial charge in [-0.1, -0.05) is 72.8 Å². The van der Waals surface area contributed by atoms with Crippen LogP contribution in [0.25, 0.3) is 21.5 Å². The maximum Gasteiger partial charge on any atom is 0.196 e. The summed E-state index contributed by atoms with van der Waals surface area (Å²) in [5, 5.41) is 3.92. The van der Waals surface area contributed by atoms with Gasteiger partial charge in [-0.2, -0.15) is 0 Å². The normalized spacial score (nSPS) is 11.0. The van der Waals surface area contributed by atoms with Crippen molar-refractivity contribution in [3.63, 3.8) is 0 Å². The average molecular weight is 297 g/mol. The van der Waals surface area contributed by atoms with Gasteiger partial charge in [0, 0.05) is 11.3 Å². The van der Waals surface area contributed by atoms with E-state index in [1.165, 1.54) is 0 Å². The number of nitrogen functional groups attached to an aromatic ring is 1. The summed E-state index contributed by atoms with van der Waals surface area (Å²) in [6, 6.07) is 25.3. The first-order valence-electron chi connectivity index (χ1n) is 7.55. The zero-order valence-corrected chi connectivity index (χ0v) is 12.5. The summed E-state index contributed by atoms with van der Waals surface area (Å²) in [6.45, 7) is 0. The largest absolute Gasteiger partial charge is 0.398 e. The number of hydrogen-bond acceptors (Lipinski definition) is 2. The van der Waals surface area contributed by atoms with E-state index in [1.54, 1.807) is 6.07 Å². The molecule has 110 valence electrons. The van der Waals surface area contributed by atoms with Crippen LogP contribution >= 0.6 is 0 Å². The van der Waals surface area contributed by atoms with Gasteiger partial charge in [-0.25, -0.2) is 0 Å². The summed E-state index contributed by atoms with van der Waals surface area (Å²) in [5.74, 6) is -0.0314. The molecule has 0 saturated carbocycles. The molecule has 0 amide bonds. The molecule has 4 aromatic carbocycles. The molecule has 4 aromatic rings. The maximum atomic E-state index is 13.2. The first-order valence-corrected chi connectivity index (χ1v) is 7.55. The molecule has 0 fully saturated rings. The number of carbonyl (C=O) groups is 1. The van der Waals surface area contributed by atoms with Crippen LogP contribution in [0.3, 0.4) is 0 Å². The van der Waals surface area contributed by atoms with E-state index in [0.29, 0.717) is 16.8 Å². The third-order valence-corrected chi connectivity index (χ3v) is 4.22. The van der Waals surface area contributed by atoms with Crippen LogP contribution in [0.5, 0.6) is 0 Å². The lowest BCUT2D eigenvalue weighted by atomic mass is 9.93. The monoisotopic (exact) mass is 297 g/mol. The Kier molecular flexibility index (Phi) is 3.09. The highest BCUT2D eigenvalue weighted by Gasteiger charge is 2.17. The first kappa shape index (κ1) is 13.5. The summed E-state index contributed by atoms with van der Waals surface area (Å²) in [5.41, 5.74) is 7.93. The number of carbonyl (C=O) groups excluding carboxylic acids is 1. The lowest BCUT2D eigenvalue weighted by Gasteiger charge is -2.11. The van der Waals surface area contributed by atoms with Crippen LogP contribution in [0.15, 0.2) is 78.9 Å². The highest BCUT2D eigenvalue weighted by molar-refractivity contribution is 6.23. The van der Waals surface area contributed by atoms with Gasteiger partial charge < -0.3 is 5.73 Å². The second kappa shape index (κ2) is 5.25. The fourth-order valence-corrected chi connectivity index (χ4v) is 3.10. The minimum absolute atomic E-state index is 0.0314. The van der Waals surface area contributed by atoms with E-state index in [-0.39, 0.29) is 5.78 Å². The summed E-state index contributed by atoms with van der Waals surface area (Å²) in [4.78, 5) is 13.2. The van der Waals surface area contributed by atoms with Crippen LogP contribution in [0.1, 0.15) is 15.9 Å². The van der Waals surface area contributed by atoms with Crippen molar-refractivity contribution in [1.29, 1.82) is 0 Å². The second-order valence-electron chi connectivity index (χ2n) is 5.61. The van der Waals surface area contributed by atoms with Gasteiger partial charge in [0.2, 0.25) is 0 Å². The van der Waals surface area contributed by atoms with Crippen molar-refractivity contribution in [3.05, 3.63) is 90.0 Å². The van der Waals surface area contributed by atoms with Gasteiger partial charge in [0.25, 0.3) is 0 Å². The molecular formula is C21H15NO. The van der Waals surface area contributed by atoms with Crippen molar-refractivity contribution >= 4 is 33.0 Å². The van der Waals surface area contributed by atoms with Gasteiger partial charge >= 0.3 is 0 Å². The minimum atomic E-state index is -0.0314. The average Bonchev–Trinajstić information content (AvgIpc) is 2.60. The molecule has 0 bridgehead atoms. The van der Waals surface area contributed by atoms with E-state index < -0.39 is 0 Å². The van der Waals surface area contributed by atoms with Crippen molar-refractivity contribution in [2.24, 2.45) is 0 Å². The fraction of sp³-hybridized carbons (Fsp3) is 0. The quantitative estimate of drug-likeness (QED) is 0.426. The molecule has 23 heavy (non-hydrogen) atoms. The predicted molar refractivity (Wildman–Crippen MR) is 95.7 cm³/mol. The van der Waals surface area contributed by atoms with Gasteiger partial charge in [-0.3, -0.25) is 4.79 Å². The molecule has 2 N–H and O–H groups in total.